The van der Waals surface area contributed by atoms with E-state index in [0.29, 0.717) is 0 Å². The topological polar surface area (TPSA) is 12.0 Å². The van der Waals surface area contributed by atoms with Crippen LogP contribution in [0.1, 0.15) is 11.1 Å². The van der Waals surface area contributed by atoms with E-state index in [2.05, 4.69) is 133 Å². The molecule has 1 nitrogen and oxygen atoms in total. The average molecular weight is 691 g/mol. The molecule has 1 aliphatic rings. The summed E-state index contributed by atoms with van der Waals surface area (Å²) in [7, 11) is 0. The lowest BCUT2D eigenvalue weighted by atomic mass is 9.91. The normalized spacial score (nSPS) is 13.0. The molecule has 0 amide bonds. The van der Waals surface area contributed by atoms with Gasteiger partial charge in [-0.15, -0.1) is 33.2 Å². The fourth-order valence-corrected chi connectivity index (χ4v) is 9.19. The first kappa shape index (κ1) is 28.4. The number of hydrogen-bond acceptors (Lipinski definition) is 1. The number of hydrogen-bond donors (Lipinski definition) is 1. The second kappa shape index (κ2) is 10.5. The Labute approximate surface area is 292 Å². The van der Waals surface area contributed by atoms with Gasteiger partial charge in [-0.25, -0.2) is 0 Å². The molecular formula is C43H26Cl3NSi. The smallest absolute Gasteiger partial charge is 0.355 e. The number of nitrogens with one attached hydrogen (secondary N) is 1. The van der Waals surface area contributed by atoms with E-state index in [1.165, 1.54) is 87.5 Å². The van der Waals surface area contributed by atoms with E-state index in [4.69, 9.17) is 33.2 Å². The SMILES string of the molecule is Cl[Si](Cl)(Cl)c1ccc2cc3cc4cc5ccc(-c6ccc7cc8c(cc7c6)Cc6cc7ccccc7cc6N8)cc5cc4cc3cc2c1. The summed E-state index contributed by atoms with van der Waals surface area (Å²) in [6.07, 6.45) is 0.923. The number of benzene rings is 9. The largest absolute Gasteiger partial charge is 0.372 e. The van der Waals surface area contributed by atoms with Gasteiger partial charge in [0, 0.05) is 17.8 Å². The second-order valence-corrected chi connectivity index (χ2v) is 21.5. The summed E-state index contributed by atoms with van der Waals surface area (Å²) in [5.41, 5.74) is 7.51. The summed E-state index contributed by atoms with van der Waals surface area (Å²) >= 11 is 19.0. The van der Waals surface area contributed by atoms with Crippen molar-refractivity contribution in [3.8, 4) is 11.1 Å². The molecule has 48 heavy (non-hydrogen) atoms. The molecule has 10 rings (SSSR count). The van der Waals surface area contributed by atoms with Crippen molar-refractivity contribution in [1.29, 1.82) is 0 Å². The van der Waals surface area contributed by atoms with Crippen molar-refractivity contribution in [3.63, 3.8) is 0 Å². The predicted octanol–water partition coefficient (Wildman–Crippen LogP) is 12.8. The van der Waals surface area contributed by atoms with Crippen LogP contribution in [0.2, 0.25) is 0 Å². The van der Waals surface area contributed by atoms with Crippen molar-refractivity contribution < 1.29 is 0 Å². The first-order chi connectivity index (χ1) is 23.3. The van der Waals surface area contributed by atoms with Crippen molar-refractivity contribution in [2.24, 2.45) is 0 Å². The molecule has 0 aliphatic carbocycles. The molecular weight excluding hydrogens is 665 g/mol. The van der Waals surface area contributed by atoms with Gasteiger partial charge >= 0.3 is 6.00 Å². The first-order valence-electron chi connectivity index (χ1n) is 16.1. The lowest BCUT2D eigenvalue weighted by molar-refractivity contribution is 1.17. The van der Waals surface area contributed by atoms with Crippen LogP contribution in [0.5, 0.6) is 0 Å². The zero-order chi connectivity index (χ0) is 32.1. The summed E-state index contributed by atoms with van der Waals surface area (Å²) < 4.78 is 0. The number of rotatable bonds is 2. The Hall–Kier alpha value is -4.57. The molecule has 1 aliphatic heterocycles. The van der Waals surface area contributed by atoms with Crippen molar-refractivity contribution in [2.45, 2.75) is 6.42 Å². The fraction of sp³-hybridized carbons (Fsp3) is 0.0233. The fourth-order valence-electron chi connectivity index (χ4n) is 7.54. The lowest BCUT2D eigenvalue weighted by Gasteiger charge is -2.23. The van der Waals surface area contributed by atoms with E-state index in [0.717, 1.165) is 22.4 Å². The molecule has 228 valence electrons. The van der Waals surface area contributed by atoms with Gasteiger partial charge < -0.3 is 5.32 Å². The second-order valence-electron chi connectivity index (χ2n) is 13.1. The monoisotopic (exact) mass is 689 g/mol. The highest BCUT2D eigenvalue weighted by Gasteiger charge is 2.28. The Morgan fingerprint density at radius 3 is 1.33 bits per heavy atom. The van der Waals surface area contributed by atoms with Crippen LogP contribution in [0.4, 0.5) is 11.4 Å². The van der Waals surface area contributed by atoms with E-state index >= 15 is 0 Å². The predicted molar refractivity (Wildman–Crippen MR) is 212 cm³/mol. The zero-order valence-electron chi connectivity index (χ0n) is 25.6. The molecule has 0 saturated carbocycles. The van der Waals surface area contributed by atoms with Crippen LogP contribution in [0, 0.1) is 0 Å². The van der Waals surface area contributed by atoms with Crippen LogP contribution >= 0.6 is 33.2 Å². The molecule has 0 atom stereocenters. The summed E-state index contributed by atoms with van der Waals surface area (Å²) in [5, 5.41) is 19.1. The van der Waals surface area contributed by atoms with Crippen LogP contribution in [0.3, 0.4) is 0 Å². The van der Waals surface area contributed by atoms with Gasteiger partial charge in [-0.05, 0) is 165 Å². The maximum absolute atomic E-state index is 6.32. The lowest BCUT2D eigenvalue weighted by Crippen LogP contribution is -2.29. The quantitative estimate of drug-likeness (QED) is 0.108. The first-order valence-corrected chi connectivity index (χ1v) is 21.1. The third kappa shape index (κ3) is 4.75. The molecule has 9 aromatic rings. The van der Waals surface area contributed by atoms with Crippen LogP contribution in [0.25, 0.3) is 75.8 Å². The van der Waals surface area contributed by atoms with Gasteiger partial charge in [0.05, 0.1) is 0 Å². The third-order valence-electron chi connectivity index (χ3n) is 10.1. The zero-order valence-corrected chi connectivity index (χ0v) is 28.9. The molecule has 1 heterocycles. The van der Waals surface area contributed by atoms with Crippen LogP contribution in [0.15, 0.2) is 140 Å². The highest BCUT2D eigenvalue weighted by molar-refractivity contribution is 7.69. The minimum atomic E-state index is -2.96. The Balaban J connectivity index is 1.03. The average Bonchev–Trinajstić information content (AvgIpc) is 3.08. The van der Waals surface area contributed by atoms with Crippen molar-refractivity contribution in [1.82, 2.24) is 0 Å². The molecule has 0 saturated heterocycles. The van der Waals surface area contributed by atoms with Gasteiger partial charge in [-0.1, -0.05) is 66.7 Å². The van der Waals surface area contributed by atoms with Crippen molar-refractivity contribution in [2.75, 3.05) is 5.32 Å². The molecule has 0 bridgehead atoms. The molecule has 1 N–H and O–H groups in total. The molecule has 0 fully saturated rings. The van der Waals surface area contributed by atoms with Gasteiger partial charge in [0.25, 0.3) is 0 Å². The number of halogens is 3. The van der Waals surface area contributed by atoms with Crippen molar-refractivity contribution in [3.05, 3.63) is 151 Å². The van der Waals surface area contributed by atoms with Crippen LogP contribution in [-0.2, 0) is 6.42 Å². The standard InChI is InChI=1S/C43H26Cl3NSi/c44-48(45,46)41-10-9-30-14-35-17-34-13-29-7-5-27(11-32(29)16-36(34)18-37(35)19-38(30)22-41)28-6-8-31-24-43-40(20-33(31)12-28)21-39-15-25-3-1-2-4-26(25)23-42(39)47-43/h1-20,22-24,47H,21H2. The van der Waals surface area contributed by atoms with Crippen LogP contribution in [-0.4, -0.2) is 6.00 Å². The Morgan fingerprint density at radius 1 is 0.375 bits per heavy atom. The summed E-state index contributed by atoms with van der Waals surface area (Å²) in [6.45, 7) is 0. The van der Waals surface area contributed by atoms with Gasteiger partial charge in [-0.3, -0.25) is 0 Å². The van der Waals surface area contributed by atoms with E-state index < -0.39 is 6.00 Å². The number of fused-ring (bicyclic) bond motifs is 8. The van der Waals surface area contributed by atoms with E-state index in [9.17, 15) is 0 Å². The molecule has 0 radical (unpaired) electrons. The molecule has 0 spiro atoms. The molecule has 0 aromatic heterocycles. The maximum atomic E-state index is 6.32. The number of anilines is 2. The minimum Gasteiger partial charge on any atom is -0.355 e. The Morgan fingerprint density at radius 2 is 0.771 bits per heavy atom. The Kier molecular flexibility index (Phi) is 6.20. The van der Waals surface area contributed by atoms with E-state index in [-0.39, 0.29) is 0 Å². The summed E-state index contributed by atoms with van der Waals surface area (Å²) in [4.78, 5) is 0. The van der Waals surface area contributed by atoms with Gasteiger partial charge in [0.15, 0.2) is 0 Å². The summed E-state index contributed by atoms with van der Waals surface area (Å²) in [5.74, 6) is 0. The van der Waals surface area contributed by atoms with Crippen molar-refractivity contribution >= 4 is 120 Å². The Bertz CT molecular complexity index is 2840. The van der Waals surface area contributed by atoms with Gasteiger partial charge in [-0.2, -0.15) is 0 Å². The van der Waals surface area contributed by atoms with Gasteiger partial charge in [0.1, 0.15) is 0 Å². The van der Waals surface area contributed by atoms with E-state index in [1.807, 2.05) is 12.1 Å². The van der Waals surface area contributed by atoms with E-state index in [1.54, 1.807) is 0 Å². The minimum absolute atomic E-state index is 0.808. The molecule has 9 aromatic carbocycles. The maximum Gasteiger partial charge on any atom is 0.372 e. The molecule has 5 heteroatoms. The highest BCUT2D eigenvalue weighted by Crippen LogP contribution is 2.39. The van der Waals surface area contributed by atoms with Crippen LogP contribution < -0.4 is 10.5 Å². The van der Waals surface area contributed by atoms with Gasteiger partial charge in [0.2, 0.25) is 0 Å². The third-order valence-corrected chi connectivity index (χ3v) is 13.0. The highest BCUT2D eigenvalue weighted by atomic mass is 35.8. The molecule has 0 unspecified atom stereocenters. The summed E-state index contributed by atoms with van der Waals surface area (Å²) in [6, 6.07) is 48.2.